The van der Waals surface area contributed by atoms with E-state index in [1.54, 1.807) is 6.07 Å². The third-order valence-corrected chi connectivity index (χ3v) is 4.42. The molecule has 0 aromatic heterocycles. The molecular weight excluding hydrogens is 414 g/mol. The lowest BCUT2D eigenvalue weighted by Gasteiger charge is -2.09. The first-order valence-corrected chi connectivity index (χ1v) is 9.15. The van der Waals surface area contributed by atoms with Crippen molar-refractivity contribution in [1.82, 2.24) is 0 Å². The van der Waals surface area contributed by atoms with E-state index < -0.39 is 28.5 Å². The highest BCUT2D eigenvalue weighted by molar-refractivity contribution is 9.10. The number of hydrogen-bond acceptors (Lipinski definition) is 6. The summed E-state index contributed by atoms with van der Waals surface area (Å²) >= 11 is 3.21. The van der Waals surface area contributed by atoms with Gasteiger partial charge >= 0.3 is 5.97 Å². The number of anilines is 2. The number of rotatable bonds is 5. The number of nitrogens with two attached hydrogens (primary N) is 2. The van der Waals surface area contributed by atoms with Gasteiger partial charge in [0.05, 0.1) is 10.5 Å². The van der Waals surface area contributed by atoms with Crippen molar-refractivity contribution in [3.8, 4) is 0 Å². The standard InChI is InChI=1S/C15H14BrN3O5S/c16-9-4-5-13(17)12(6-9)15(21)24-8-14(20)19-10-2-1-3-11(7-10)25(18,22)23/h1-7H,8,17H2,(H,19,20)(H2,18,22,23). The molecule has 0 heterocycles. The van der Waals surface area contributed by atoms with Crippen molar-refractivity contribution in [2.75, 3.05) is 17.7 Å². The third-order valence-electron chi connectivity index (χ3n) is 3.02. The molecule has 0 bridgehead atoms. The van der Waals surface area contributed by atoms with Gasteiger partial charge in [0.2, 0.25) is 10.0 Å². The second-order valence-electron chi connectivity index (χ2n) is 4.93. The molecule has 25 heavy (non-hydrogen) atoms. The van der Waals surface area contributed by atoms with Crippen molar-refractivity contribution in [3.05, 3.63) is 52.5 Å². The van der Waals surface area contributed by atoms with Gasteiger partial charge in [0.25, 0.3) is 5.91 Å². The molecule has 0 atom stereocenters. The van der Waals surface area contributed by atoms with Gasteiger partial charge in [-0.25, -0.2) is 18.4 Å². The van der Waals surface area contributed by atoms with Crippen LogP contribution < -0.4 is 16.2 Å². The maximum atomic E-state index is 12.0. The van der Waals surface area contributed by atoms with Crippen molar-refractivity contribution in [3.63, 3.8) is 0 Å². The number of esters is 1. The Bertz CT molecular complexity index is 931. The zero-order valence-electron chi connectivity index (χ0n) is 12.7. The summed E-state index contributed by atoms with van der Waals surface area (Å²) in [6.07, 6.45) is 0. The summed E-state index contributed by atoms with van der Waals surface area (Å²) in [6, 6.07) is 10.1. The van der Waals surface area contributed by atoms with Crippen LogP contribution in [0.15, 0.2) is 51.8 Å². The van der Waals surface area contributed by atoms with Gasteiger partial charge in [-0.2, -0.15) is 0 Å². The highest BCUT2D eigenvalue weighted by atomic mass is 79.9. The number of benzene rings is 2. The summed E-state index contributed by atoms with van der Waals surface area (Å²) < 4.78 is 28.1. The van der Waals surface area contributed by atoms with Crippen molar-refractivity contribution in [2.24, 2.45) is 5.14 Å². The van der Waals surface area contributed by atoms with Crippen LogP contribution in [0.5, 0.6) is 0 Å². The molecule has 2 aromatic rings. The molecule has 0 radical (unpaired) electrons. The van der Waals surface area contributed by atoms with E-state index in [1.165, 1.54) is 36.4 Å². The molecule has 0 saturated heterocycles. The van der Waals surface area contributed by atoms with Gasteiger partial charge in [-0.15, -0.1) is 0 Å². The van der Waals surface area contributed by atoms with Crippen LogP contribution in [0, 0.1) is 0 Å². The highest BCUT2D eigenvalue weighted by Crippen LogP contribution is 2.19. The number of amides is 1. The van der Waals surface area contributed by atoms with Gasteiger partial charge in [0.15, 0.2) is 6.61 Å². The van der Waals surface area contributed by atoms with E-state index in [0.717, 1.165) is 0 Å². The Hall–Kier alpha value is -2.43. The molecule has 132 valence electrons. The van der Waals surface area contributed by atoms with Crippen LogP contribution in [-0.2, 0) is 19.6 Å². The Labute approximate surface area is 152 Å². The monoisotopic (exact) mass is 427 g/mol. The molecule has 0 saturated carbocycles. The number of carbonyl (C=O) groups is 2. The van der Waals surface area contributed by atoms with Gasteiger partial charge in [-0.1, -0.05) is 22.0 Å². The summed E-state index contributed by atoms with van der Waals surface area (Å²) in [5, 5.41) is 7.43. The average molecular weight is 428 g/mol. The second-order valence-corrected chi connectivity index (χ2v) is 7.41. The van der Waals surface area contributed by atoms with Crippen LogP contribution in [0.1, 0.15) is 10.4 Å². The predicted octanol–water partition coefficient (Wildman–Crippen LogP) is 1.47. The van der Waals surface area contributed by atoms with Crippen LogP contribution >= 0.6 is 15.9 Å². The van der Waals surface area contributed by atoms with E-state index in [1.807, 2.05) is 0 Å². The number of halogens is 1. The number of ether oxygens (including phenoxy) is 1. The summed E-state index contributed by atoms with van der Waals surface area (Å²) in [5.41, 5.74) is 6.23. The van der Waals surface area contributed by atoms with Crippen molar-refractivity contribution >= 4 is 49.2 Å². The van der Waals surface area contributed by atoms with E-state index in [4.69, 9.17) is 15.6 Å². The fourth-order valence-electron chi connectivity index (χ4n) is 1.86. The quantitative estimate of drug-likeness (QED) is 0.487. The third kappa shape index (κ3) is 5.28. The van der Waals surface area contributed by atoms with E-state index in [9.17, 15) is 18.0 Å². The Morgan fingerprint density at radius 1 is 1.16 bits per heavy atom. The summed E-state index contributed by atoms with van der Waals surface area (Å²) in [5.74, 6) is -1.40. The number of hydrogen-bond donors (Lipinski definition) is 3. The molecule has 2 aromatic carbocycles. The van der Waals surface area contributed by atoms with Crippen molar-refractivity contribution in [1.29, 1.82) is 0 Å². The summed E-state index contributed by atoms with van der Waals surface area (Å²) in [7, 11) is -3.89. The lowest BCUT2D eigenvalue weighted by atomic mass is 10.2. The summed E-state index contributed by atoms with van der Waals surface area (Å²) in [4.78, 5) is 23.7. The van der Waals surface area contributed by atoms with Crippen molar-refractivity contribution in [2.45, 2.75) is 4.90 Å². The number of nitrogens with one attached hydrogen (secondary N) is 1. The van der Waals surface area contributed by atoms with Gasteiger partial charge in [0, 0.05) is 15.8 Å². The lowest BCUT2D eigenvalue weighted by molar-refractivity contribution is -0.119. The highest BCUT2D eigenvalue weighted by Gasteiger charge is 2.14. The minimum Gasteiger partial charge on any atom is -0.452 e. The normalized spacial score (nSPS) is 11.0. The van der Waals surface area contributed by atoms with E-state index in [2.05, 4.69) is 21.2 Å². The molecule has 2 rings (SSSR count). The Morgan fingerprint density at radius 2 is 1.88 bits per heavy atom. The minimum absolute atomic E-state index is 0.124. The molecule has 8 nitrogen and oxygen atoms in total. The van der Waals surface area contributed by atoms with Gasteiger partial charge in [0.1, 0.15) is 0 Å². The molecule has 0 fully saturated rings. The molecule has 0 aliphatic carbocycles. The molecule has 1 amide bonds. The first-order valence-electron chi connectivity index (χ1n) is 6.81. The summed E-state index contributed by atoms with van der Waals surface area (Å²) in [6.45, 7) is -0.565. The number of sulfonamides is 1. The Morgan fingerprint density at radius 3 is 2.56 bits per heavy atom. The first kappa shape index (κ1) is 18.9. The molecule has 0 unspecified atom stereocenters. The zero-order valence-corrected chi connectivity index (χ0v) is 15.1. The van der Waals surface area contributed by atoms with E-state index >= 15 is 0 Å². The maximum absolute atomic E-state index is 12.0. The van der Waals surface area contributed by atoms with Crippen LogP contribution in [0.3, 0.4) is 0 Å². The number of primary sulfonamides is 1. The molecular formula is C15H14BrN3O5S. The number of carbonyl (C=O) groups excluding carboxylic acids is 2. The predicted molar refractivity (Wildman–Crippen MR) is 95.3 cm³/mol. The Balaban J connectivity index is 1.99. The van der Waals surface area contributed by atoms with E-state index in [-0.39, 0.29) is 21.8 Å². The van der Waals surface area contributed by atoms with Gasteiger partial charge < -0.3 is 15.8 Å². The smallest absolute Gasteiger partial charge is 0.340 e. The van der Waals surface area contributed by atoms with Gasteiger partial charge in [-0.3, -0.25) is 4.79 Å². The average Bonchev–Trinajstić information content (AvgIpc) is 2.54. The van der Waals surface area contributed by atoms with Crippen LogP contribution in [-0.4, -0.2) is 26.9 Å². The molecule has 5 N–H and O–H groups in total. The van der Waals surface area contributed by atoms with E-state index in [0.29, 0.717) is 4.47 Å². The first-order chi connectivity index (χ1) is 11.7. The van der Waals surface area contributed by atoms with Crippen LogP contribution in [0.4, 0.5) is 11.4 Å². The fourth-order valence-corrected chi connectivity index (χ4v) is 2.78. The fraction of sp³-hybridized carbons (Fsp3) is 0.0667. The zero-order chi connectivity index (χ0) is 18.6. The van der Waals surface area contributed by atoms with Crippen LogP contribution in [0.25, 0.3) is 0 Å². The second kappa shape index (κ2) is 7.64. The lowest BCUT2D eigenvalue weighted by Crippen LogP contribution is -2.21. The Kier molecular flexibility index (Phi) is 5.77. The molecule has 0 aliphatic heterocycles. The SMILES string of the molecule is Nc1ccc(Br)cc1C(=O)OCC(=O)Nc1cccc(S(N)(=O)=O)c1. The topological polar surface area (TPSA) is 142 Å². The number of nitrogen functional groups attached to an aromatic ring is 1. The maximum Gasteiger partial charge on any atom is 0.340 e. The molecule has 0 spiro atoms. The minimum atomic E-state index is -3.89. The van der Waals surface area contributed by atoms with Crippen molar-refractivity contribution < 1.29 is 22.7 Å². The largest absolute Gasteiger partial charge is 0.452 e. The van der Waals surface area contributed by atoms with Crippen LogP contribution in [0.2, 0.25) is 0 Å². The molecule has 10 heteroatoms. The molecule has 0 aliphatic rings. The van der Waals surface area contributed by atoms with Gasteiger partial charge in [-0.05, 0) is 36.4 Å².